The first-order valence-electron chi connectivity index (χ1n) is 9.14. The van der Waals surface area contributed by atoms with Crippen molar-refractivity contribution in [2.45, 2.75) is 31.7 Å². The molecular weight excluding hydrogens is 312 g/mol. The van der Waals surface area contributed by atoms with Crippen LogP contribution < -0.4 is 5.32 Å². The first-order chi connectivity index (χ1) is 11.0. The second kappa shape index (κ2) is 7.78. The van der Waals surface area contributed by atoms with Crippen molar-refractivity contribution in [2.24, 2.45) is 5.92 Å². The number of hydrogen-bond donors (Lipinski definition) is 1. The van der Waals surface area contributed by atoms with Crippen LogP contribution in [0.1, 0.15) is 25.7 Å². The van der Waals surface area contributed by atoms with Crippen molar-refractivity contribution in [2.75, 3.05) is 65.2 Å². The normalized spacial score (nSPS) is 29.5. The molecule has 6 nitrogen and oxygen atoms in total. The summed E-state index contributed by atoms with van der Waals surface area (Å²) in [6, 6.07) is 0.646. The number of piperidine rings is 1. The number of sulfonamides is 1. The van der Waals surface area contributed by atoms with Crippen molar-refractivity contribution in [3.63, 3.8) is 0 Å². The smallest absolute Gasteiger partial charge is 0.211 e. The van der Waals surface area contributed by atoms with E-state index in [4.69, 9.17) is 0 Å². The minimum Gasteiger partial charge on any atom is -0.316 e. The molecule has 3 aliphatic heterocycles. The van der Waals surface area contributed by atoms with Crippen LogP contribution in [0.4, 0.5) is 0 Å². The van der Waals surface area contributed by atoms with E-state index in [-0.39, 0.29) is 0 Å². The van der Waals surface area contributed by atoms with Crippen LogP contribution in [-0.4, -0.2) is 93.7 Å². The maximum Gasteiger partial charge on any atom is 0.211 e. The molecule has 1 N–H and O–H groups in total. The van der Waals surface area contributed by atoms with Crippen LogP contribution in [0.25, 0.3) is 0 Å². The lowest BCUT2D eigenvalue weighted by Gasteiger charge is -2.48. The second-order valence-corrected chi connectivity index (χ2v) is 9.45. The maximum atomic E-state index is 11.5. The van der Waals surface area contributed by atoms with E-state index in [1.54, 1.807) is 4.31 Å². The van der Waals surface area contributed by atoms with Crippen molar-refractivity contribution in [1.82, 2.24) is 19.4 Å². The van der Waals surface area contributed by atoms with Gasteiger partial charge >= 0.3 is 0 Å². The lowest BCUT2D eigenvalue weighted by molar-refractivity contribution is 0.0159. The highest BCUT2D eigenvalue weighted by atomic mass is 32.2. The molecule has 0 aliphatic carbocycles. The summed E-state index contributed by atoms with van der Waals surface area (Å²) in [6.45, 7) is 9.08. The molecule has 0 saturated carbocycles. The molecule has 0 amide bonds. The molecule has 7 heteroatoms. The highest BCUT2D eigenvalue weighted by Gasteiger charge is 2.34. The Labute approximate surface area is 141 Å². The van der Waals surface area contributed by atoms with Gasteiger partial charge in [0, 0.05) is 45.3 Å². The fraction of sp³-hybridized carbons (Fsp3) is 1.00. The van der Waals surface area contributed by atoms with Crippen molar-refractivity contribution >= 4 is 10.0 Å². The van der Waals surface area contributed by atoms with Gasteiger partial charge in [-0.3, -0.25) is 4.90 Å². The number of likely N-dealkylation sites (tertiary alicyclic amines) is 1. The molecule has 0 aromatic carbocycles. The van der Waals surface area contributed by atoms with Crippen molar-refractivity contribution in [3.8, 4) is 0 Å². The predicted molar refractivity (Wildman–Crippen MR) is 93.0 cm³/mol. The number of nitrogens with one attached hydrogen (secondary N) is 1. The van der Waals surface area contributed by atoms with E-state index < -0.39 is 10.0 Å². The van der Waals surface area contributed by atoms with Gasteiger partial charge in [0.25, 0.3) is 0 Å². The van der Waals surface area contributed by atoms with E-state index >= 15 is 0 Å². The maximum absolute atomic E-state index is 11.5. The lowest BCUT2D eigenvalue weighted by atomic mass is 9.94. The highest BCUT2D eigenvalue weighted by Crippen LogP contribution is 2.20. The minimum absolute atomic E-state index is 0.646. The zero-order chi connectivity index (χ0) is 16.3. The number of piperazine rings is 1. The third kappa shape index (κ3) is 4.89. The van der Waals surface area contributed by atoms with Gasteiger partial charge in [0.15, 0.2) is 0 Å². The molecule has 3 saturated heterocycles. The highest BCUT2D eigenvalue weighted by molar-refractivity contribution is 7.88. The quantitative estimate of drug-likeness (QED) is 0.737. The molecule has 0 spiro atoms. The van der Waals surface area contributed by atoms with Gasteiger partial charge in [0.2, 0.25) is 10.0 Å². The van der Waals surface area contributed by atoms with E-state index in [0.29, 0.717) is 19.1 Å². The average Bonchev–Trinajstić information content (AvgIpc) is 2.50. The lowest BCUT2D eigenvalue weighted by Crippen LogP contribution is -2.63. The Morgan fingerprint density at radius 1 is 1.13 bits per heavy atom. The second-order valence-electron chi connectivity index (χ2n) is 7.47. The van der Waals surface area contributed by atoms with Crippen LogP contribution >= 0.6 is 0 Å². The summed E-state index contributed by atoms with van der Waals surface area (Å²) < 4.78 is 24.7. The predicted octanol–water partition coefficient (Wildman–Crippen LogP) is 0.0276. The molecule has 23 heavy (non-hydrogen) atoms. The molecule has 0 radical (unpaired) electrons. The van der Waals surface area contributed by atoms with Crippen LogP contribution in [0, 0.1) is 5.92 Å². The number of hydrogen-bond acceptors (Lipinski definition) is 5. The van der Waals surface area contributed by atoms with Crippen LogP contribution in [0.3, 0.4) is 0 Å². The molecule has 0 bridgehead atoms. The molecule has 0 aromatic rings. The first-order valence-corrected chi connectivity index (χ1v) is 11.0. The van der Waals surface area contributed by atoms with Gasteiger partial charge in [-0.05, 0) is 51.2 Å². The molecule has 1 unspecified atom stereocenters. The molecule has 3 rings (SSSR count). The Morgan fingerprint density at radius 2 is 1.87 bits per heavy atom. The summed E-state index contributed by atoms with van der Waals surface area (Å²) >= 11 is 0. The summed E-state index contributed by atoms with van der Waals surface area (Å²) in [5.41, 5.74) is 0. The Morgan fingerprint density at radius 3 is 2.48 bits per heavy atom. The summed E-state index contributed by atoms with van der Waals surface area (Å²) in [5, 5.41) is 3.50. The van der Waals surface area contributed by atoms with Gasteiger partial charge in [0.1, 0.15) is 0 Å². The first kappa shape index (κ1) is 17.6. The van der Waals surface area contributed by atoms with Crippen molar-refractivity contribution < 1.29 is 8.42 Å². The molecule has 3 heterocycles. The summed E-state index contributed by atoms with van der Waals surface area (Å²) in [6.07, 6.45) is 6.74. The standard InChI is InChI=1S/C16H32N4O2S/c1-23(21,22)20-10-8-19(9-11-20)16-13-18(14-16)7-3-5-15-4-2-6-17-12-15/h15-17H,2-14H2,1H3. The number of rotatable bonds is 6. The van der Waals surface area contributed by atoms with Crippen LogP contribution in [0.15, 0.2) is 0 Å². The third-order valence-corrected chi connectivity index (χ3v) is 6.99. The van der Waals surface area contributed by atoms with E-state index in [1.807, 2.05) is 0 Å². The zero-order valence-electron chi connectivity index (χ0n) is 14.4. The summed E-state index contributed by atoms with van der Waals surface area (Å²) in [4.78, 5) is 5.03. The molecule has 1 atom stereocenters. The fourth-order valence-electron chi connectivity index (χ4n) is 4.13. The molecule has 0 aromatic heterocycles. The van der Waals surface area contributed by atoms with Gasteiger partial charge in [0.05, 0.1) is 6.26 Å². The van der Waals surface area contributed by atoms with Gasteiger partial charge in [-0.15, -0.1) is 0 Å². The van der Waals surface area contributed by atoms with Gasteiger partial charge in [-0.2, -0.15) is 4.31 Å². The Bertz CT molecular complexity index is 464. The van der Waals surface area contributed by atoms with Crippen LogP contribution in [-0.2, 0) is 10.0 Å². The van der Waals surface area contributed by atoms with Crippen LogP contribution in [0.2, 0.25) is 0 Å². The van der Waals surface area contributed by atoms with E-state index in [0.717, 1.165) is 19.0 Å². The van der Waals surface area contributed by atoms with Gasteiger partial charge < -0.3 is 10.2 Å². The SMILES string of the molecule is CS(=O)(=O)N1CCN(C2CN(CCCC3CCCNC3)C2)CC1. The molecule has 134 valence electrons. The topological polar surface area (TPSA) is 55.9 Å². The van der Waals surface area contributed by atoms with Crippen molar-refractivity contribution in [3.05, 3.63) is 0 Å². The number of nitrogens with zero attached hydrogens (tertiary/aromatic N) is 3. The van der Waals surface area contributed by atoms with Gasteiger partial charge in [-0.1, -0.05) is 0 Å². The molecule has 3 fully saturated rings. The van der Waals surface area contributed by atoms with E-state index in [2.05, 4.69) is 15.1 Å². The fourth-order valence-corrected chi connectivity index (χ4v) is 4.96. The average molecular weight is 345 g/mol. The Kier molecular flexibility index (Phi) is 5.96. The van der Waals surface area contributed by atoms with E-state index in [9.17, 15) is 8.42 Å². The van der Waals surface area contributed by atoms with Crippen molar-refractivity contribution in [1.29, 1.82) is 0 Å². The zero-order valence-corrected chi connectivity index (χ0v) is 15.2. The molecular formula is C16H32N4O2S. The van der Waals surface area contributed by atoms with Gasteiger partial charge in [-0.25, -0.2) is 8.42 Å². The third-order valence-electron chi connectivity index (χ3n) is 5.68. The largest absolute Gasteiger partial charge is 0.316 e. The Hall–Kier alpha value is -0.210. The monoisotopic (exact) mass is 344 g/mol. The Balaban J connectivity index is 1.28. The summed E-state index contributed by atoms with van der Waals surface area (Å²) in [5.74, 6) is 0.893. The molecule has 3 aliphatic rings. The van der Waals surface area contributed by atoms with E-state index in [1.165, 1.54) is 64.7 Å². The minimum atomic E-state index is -3.01. The summed E-state index contributed by atoms with van der Waals surface area (Å²) in [7, 11) is -3.01. The van der Waals surface area contributed by atoms with Crippen LogP contribution in [0.5, 0.6) is 0 Å².